The summed E-state index contributed by atoms with van der Waals surface area (Å²) in [7, 11) is 0. The summed E-state index contributed by atoms with van der Waals surface area (Å²) in [6, 6.07) is 14.3. The Morgan fingerprint density at radius 3 is 2.62 bits per heavy atom. The summed E-state index contributed by atoms with van der Waals surface area (Å²) in [5, 5.41) is 13.5. The van der Waals surface area contributed by atoms with Crippen LogP contribution in [-0.4, -0.2) is 15.8 Å². The standard InChI is InChI=1S/C18H11N3O5/c22-17(16-2-1-9-25-16)19-12-5-3-11(4-6-12)18-20-14-10-13(21(23)24)7-8-15(14)26-18/h1-10H,(H,19,22). The first-order chi connectivity index (χ1) is 12.6. The Morgan fingerprint density at radius 1 is 1.12 bits per heavy atom. The molecule has 0 aliphatic rings. The highest BCUT2D eigenvalue weighted by atomic mass is 16.6. The molecular weight excluding hydrogens is 338 g/mol. The van der Waals surface area contributed by atoms with Crippen LogP contribution >= 0.6 is 0 Å². The zero-order valence-electron chi connectivity index (χ0n) is 13.2. The highest BCUT2D eigenvalue weighted by Crippen LogP contribution is 2.27. The number of aromatic nitrogens is 1. The van der Waals surface area contributed by atoms with Gasteiger partial charge in [-0.05, 0) is 42.5 Å². The van der Waals surface area contributed by atoms with Crippen molar-refractivity contribution in [3.8, 4) is 11.5 Å². The highest BCUT2D eigenvalue weighted by Gasteiger charge is 2.13. The monoisotopic (exact) mass is 349 g/mol. The number of non-ortho nitro benzene ring substituents is 1. The number of hydrogen-bond donors (Lipinski definition) is 1. The van der Waals surface area contributed by atoms with Crippen molar-refractivity contribution in [1.82, 2.24) is 4.98 Å². The van der Waals surface area contributed by atoms with Gasteiger partial charge in [-0.1, -0.05) is 0 Å². The van der Waals surface area contributed by atoms with Gasteiger partial charge in [-0.3, -0.25) is 14.9 Å². The predicted octanol–water partition coefficient (Wildman–Crippen LogP) is 4.25. The fourth-order valence-electron chi connectivity index (χ4n) is 2.45. The number of rotatable bonds is 4. The van der Waals surface area contributed by atoms with Crippen molar-refractivity contribution in [1.29, 1.82) is 0 Å². The Bertz CT molecular complexity index is 1100. The molecule has 0 aliphatic heterocycles. The second-order valence-corrected chi connectivity index (χ2v) is 5.44. The Kier molecular flexibility index (Phi) is 3.70. The van der Waals surface area contributed by atoms with E-state index in [0.717, 1.165) is 0 Å². The molecule has 0 radical (unpaired) electrons. The molecule has 2 aromatic carbocycles. The summed E-state index contributed by atoms with van der Waals surface area (Å²) < 4.78 is 10.7. The van der Waals surface area contributed by atoms with Crippen molar-refractivity contribution in [3.05, 3.63) is 76.7 Å². The highest BCUT2D eigenvalue weighted by molar-refractivity contribution is 6.02. The largest absolute Gasteiger partial charge is 0.459 e. The number of hydrogen-bond acceptors (Lipinski definition) is 6. The van der Waals surface area contributed by atoms with E-state index in [1.165, 1.54) is 24.5 Å². The van der Waals surface area contributed by atoms with Crippen LogP contribution in [0.3, 0.4) is 0 Å². The molecule has 0 aliphatic carbocycles. The maximum Gasteiger partial charge on any atom is 0.291 e. The van der Waals surface area contributed by atoms with Crippen LogP contribution in [0.2, 0.25) is 0 Å². The molecule has 0 saturated heterocycles. The van der Waals surface area contributed by atoms with Gasteiger partial charge in [0.05, 0.1) is 11.2 Å². The van der Waals surface area contributed by atoms with E-state index in [4.69, 9.17) is 8.83 Å². The van der Waals surface area contributed by atoms with Gasteiger partial charge in [0, 0.05) is 23.4 Å². The van der Waals surface area contributed by atoms with E-state index in [2.05, 4.69) is 10.3 Å². The Labute approximate surface area is 146 Å². The predicted molar refractivity (Wildman–Crippen MR) is 92.8 cm³/mol. The van der Waals surface area contributed by atoms with Gasteiger partial charge in [-0.2, -0.15) is 0 Å². The van der Waals surface area contributed by atoms with Crippen LogP contribution in [0.25, 0.3) is 22.6 Å². The van der Waals surface area contributed by atoms with Crippen LogP contribution in [0.5, 0.6) is 0 Å². The fourth-order valence-corrected chi connectivity index (χ4v) is 2.45. The molecular formula is C18H11N3O5. The number of nitrogens with one attached hydrogen (secondary N) is 1. The summed E-state index contributed by atoms with van der Waals surface area (Å²) in [6.07, 6.45) is 1.43. The van der Waals surface area contributed by atoms with Crippen LogP contribution < -0.4 is 5.32 Å². The van der Waals surface area contributed by atoms with Gasteiger partial charge in [-0.25, -0.2) is 4.98 Å². The third kappa shape index (κ3) is 2.91. The van der Waals surface area contributed by atoms with Gasteiger partial charge in [-0.15, -0.1) is 0 Å². The summed E-state index contributed by atoms with van der Waals surface area (Å²) in [6.45, 7) is 0. The molecule has 0 spiro atoms. The van der Waals surface area contributed by atoms with E-state index in [1.807, 2.05) is 0 Å². The molecule has 0 fully saturated rings. The van der Waals surface area contributed by atoms with E-state index >= 15 is 0 Å². The average Bonchev–Trinajstić information content (AvgIpc) is 3.31. The molecule has 8 heteroatoms. The molecule has 128 valence electrons. The van der Waals surface area contributed by atoms with Gasteiger partial charge >= 0.3 is 0 Å². The number of anilines is 1. The molecule has 8 nitrogen and oxygen atoms in total. The fraction of sp³-hybridized carbons (Fsp3) is 0. The van der Waals surface area contributed by atoms with Crippen LogP contribution in [0.15, 0.2) is 69.7 Å². The first kappa shape index (κ1) is 15.6. The summed E-state index contributed by atoms with van der Waals surface area (Å²) in [5.74, 6) is 0.205. The lowest BCUT2D eigenvalue weighted by Crippen LogP contribution is -2.10. The molecule has 4 aromatic rings. The number of nitro groups is 1. The number of carbonyl (C=O) groups is 1. The summed E-state index contributed by atoms with van der Waals surface area (Å²) in [5.41, 5.74) is 2.08. The lowest BCUT2D eigenvalue weighted by atomic mass is 10.2. The van der Waals surface area contributed by atoms with Crippen molar-refractivity contribution in [3.63, 3.8) is 0 Å². The second kappa shape index (κ2) is 6.17. The third-order valence-corrected chi connectivity index (χ3v) is 3.72. The molecule has 1 amide bonds. The molecule has 4 rings (SSSR count). The van der Waals surface area contributed by atoms with Gasteiger partial charge < -0.3 is 14.2 Å². The molecule has 0 saturated carbocycles. The van der Waals surface area contributed by atoms with E-state index in [0.29, 0.717) is 28.2 Å². The van der Waals surface area contributed by atoms with Crippen molar-refractivity contribution in [2.45, 2.75) is 0 Å². The van der Waals surface area contributed by atoms with Gasteiger partial charge in [0.2, 0.25) is 5.89 Å². The van der Waals surface area contributed by atoms with Crippen LogP contribution in [0, 0.1) is 10.1 Å². The number of amides is 1. The molecule has 2 heterocycles. The first-order valence-electron chi connectivity index (χ1n) is 7.60. The van der Waals surface area contributed by atoms with Crippen molar-refractivity contribution < 1.29 is 18.6 Å². The Hall–Kier alpha value is -3.94. The molecule has 26 heavy (non-hydrogen) atoms. The Morgan fingerprint density at radius 2 is 1.92 bits per heavy atom. The maximum absolute atomic E-state index is 11.9. The number of oxazole rings is 1. The van der Waals surface area contributed by atoms with Crippen LogP contribution in [0.4, 0.5) is 11.4 Å². The van der Waals surface area contributed by atoms with Crippen LogP contribution in [-0.2, 0) is 0 Å². The molecule has 0 unspecified atom stereocenters. The molecule has 2 aromatic heterocycles. The zero-order chi connectivity index (χ0) is 18.1. The normalized spacial score (nSPS) is 10.8. The minimum Gasteiger partial charge on any atom is -0.459 e. The maximum atomic E-state index is 11.9. The van der Waals surface area contributed by atoms with Crippen molar-refractivity contribution >= 4 is 28.4 Å². The lowest BCUT2D eigenvalue weighted by Gasteiger charge is -2.03. The van der Waals surface area contributed by atoms with Gasteiger partial charge in [0.1, 0.15) is 5.52 Å². The van der Waals surface area contributed by atoms with Crippen molar-refractivity contribution in [2.75, 3.05) is 5.32 Å². The van der Waals surface area contributed by atoms with E-state index in [1.54, 1.807) is 36.4 Å². The number of fused-ring (bicyclic) bond motifs is 1. The summed E-state index contributed by atoms with van der Waals surface area (Å²) in [4.78, 5) is 26.6. The SMILES string of the molecule is O=C(Nc1ccc(-c2nc3cc([N+](=O)[O-])ccc3o2)cc1)c1ccco1. The smallest absolute Gasteiger partial charge is 0.291 e. The van der Waals surface area contributed by atoms with E-state index in [-0.39, 0.29) is 17.4 Å². The average molecular weight is 349 g/mol. The molecule has 0 atom stereocenters. The quantitative estimate of drug-likeness (QED) is 0.435. The topological polar surface area (TPSA) is 111 Å². The Balaban J connectivity index is 1.57. The minimum atomic E-state index is -0.482. The van der Waals surface area contributed by atoms with E-state index < -0.39 is 4.92 Å². The first-order valence-corrected chi connectivity index (χ1v) is 7.60. The molecule has 0 bridgehead atoms. The van der Waals surface area contributed by atoms with Crippen LogP contribution in [0.1, 0.15) is 10.6 Å². The number of furan rings is 1. The second-order valence-electron chi connectivity index (χ2n) is 5.44. The number of nitrogens with zero attached hydrogens (tertiary/aromatic N) is 2. The number of benzene rings is 2. The zero-order valence-corrected chi connectivity index (χ0v) is 13.2. The van der Waals surface area contributed by atoms with E-state index in [9.17, 15) is 14.9 Å². The third-order valence-electron chi connectivity index (χ3n) is 3.72. The minimum absolute atomic E-state index is 0.0478. The number of carbonyl (C=O) groups excluding carboxylic acids is 1. The van der Waals surface area contributed by atoms with Crippen molar-refractivity contribution in [2.24, 2.45) is 0 Å². The number of nitro benzene ring substituents is 1. The van der Waals surface area contributed by atoms with Gasteiger partial charge in [0.25, 0.3) is 11.6 Å². The summed E-state index contributed by atoms with van der Waals surface area (Å²) >= 11 is 0. The van der Waals surface area contributed by atoms with Gasteiger partial charge in [0.15, 0.2) is 11.3 Å². The molecule has 1 N–H and O–H groups in total. The lowest BCUT2D eigenvalue weighted by molar-refractivity contribution is -0.384.